The summed E-state index contributed by atoms with van der Waals surface area (Å²) in [4.78, 5) is 96.9. The number of carbonyl (C=O) groups is 7. The Labute approximate surface area is 398 Å². The Balaban J connectivity index is 1.20. The van der Waals surface area contributed by atoms with Crippen molar-refractivity contribution in [2.45, 2.75) is 111 Å². The molecule has 2 aromatic carbocycles. The van der Waals surface area contributed by atoms with E-state index in [4.69, 9.17) is 20.2 Å². The standard InChI is InChI=1S/C46H61N13O10/c1-6-68-26-35-53-39-40(59(35)27-46(4,5)67)32-11-7-8-12-33(32)51-41(39)55-45(66)69-25-29-14-16-30(17-15-29)50-42(63)34(13-9-20-49-44(47)65)52-43(64)38(28(2)3)54-37(62)24-58-23-31(56-57-58)18-19-36(61)48-21-10-22-60/h7-8,11-12,14-17,22-23,28,34,38,67H,6,9-10,13,18-21,24-27H2,1-5H3,(H,48,61)(H,50,63)(H,52,64)(H,54,62)(H3,47,49,65)(H,51,55,66)/t34-,38-/m0/s1. The first-order valence-electron chi connectivity index (χ1n) is 22.6. The third kappa shape index (κ3) is 16.1. The maximum atomic E-state index is 13.7. The maximum Gasteiger partial charge on any atom is 0.413 e. The molecular formula is C46H61N13O10. The van der Waals surface area contributed by atoms with E-state index < -0.39 is 53.4 Å². The van der Waals surface area contributed by atoms with Crippen molar-refractivity contribution in [2.75, 3.05) is 30.3 Å². The average molecular weight is 956 g/mol. The van der Waals surface area contributed by atoms with Gasteiger partial charge in [0.25, 0.3) is 0 Å². The van der Waals surface area contributed by atoms with Crippen LogP contribution in [0.3, 0.4) is 0 Å². The number of hydrogen-bond acceptors (Lipinski definition) is 14. The molecule has 2 atom stereocenters. The number of aliphatic hydroxyl groups is 1. The highest BCUT2D eigenvalue weighted by atomic mass is 16.5. The Morgan fingerprint density at radius 3 is 2.36 bits per heavy atom. The summed E-state index contributed by atoms with van der Waals surface area (Å²) in [5.74, 6) is -1.69. The Morgan fingerprint density at radius 1 is 0.913 bits per heavy atom. The number of primary amides is 1. The predicted octanol–water partition coefficient (Wildman–Crippen LogP) is 2.58. The number of rotatable bonds is 26. The van der Waals surface area contributed by atoms with Crippen LogP contribution in [-0.2, 0) is 66.2 Å². The molecule has 0 aliphatic rings. The van der Waals surface area contributed by atoms with Crippen LogP contribution in [-0.4, -0.2) is 114 Å². The summed E-state index contributed by atoms with van der Waals surface area (Å²) < 4.78 is 14.4. The van der Waals surface area contributed by atoms with Crippen molar-refractivity contribution in [1.82, 2.24) is 50.8 Å². The number of carbonyl (C=O) groups excluding carboxylic acids is 7. The lowest BCUT2D eigenvalue weighted by Gasteiger charge is -2.25. The normalized spacial score (nSPS) is 12.3. The van der Waals surface area contributed by atoms with Gasteiger partial charge in [-0.15, -0.1) is 5.10 Å². The molecule has 9 N–H and O–H groups in total. The number of imidazole rings is 1. The minimum atomic E-state index is -1.10. The van der Waals surface area contributed by atoms with Gasteiger partial charge in [-0.25, -0.2) is 24.2 Å². The average Bonchev–Trinajstić information content (AvgIpc) is 3.90. The number of benzene rings is 2. The summed E-state index contributed by atoms with van der Waals surface area (Å²) in [5.41, 5.74) is 7.20. The Morgan fingerprint density at radius 2 is 1.67 bits per heavy atom. The molecule has 0 spiro atoms. The molecule has 69 heavy (non-hydrogen) atoms. The quantitative estimate of drug-likeness (QED) is 0.0292. The molecule has 7 amide bonds. The third-order valence-corrected chi connectivity index (χ3v) is 10.4. The summed E-state index contributed by atoms with van der Waals surface area (Å²) in [7, 11) is 0. The van der Waals surface area contributed by atoms with E-state index >= 15 is 0 Å². The molecule has 5 rings (SSSR count). The van der Waals surface area contributed by atoms with Gasteiger partial charge in [0.15, 0.2) is 5.82 Å². The Hall–Kier alpha value is -7.53. The number of aryl methyl sites for hydroxylation is 1. The van der Waals surface area contributed by atoms with Crippen LogP contribution < -0.4 is 37.6 Å². The molecule has 0 fully saturated rings. The topological polar surface area (TPSA) is 318 Å². The Kier molecular flexibility index (Phi) is 19.0. The number of nitrogens with zero attached hydrogens (tertiary/aromatic N) is 6. The fourth-order valence-corrected chi connectivity index (χ4v) is 7.11. The number of aldehydes is 1. The molecule has 23 nitrogen and oxygen atoms in total. The van der Waals surface area contributed by atoms with Gasteiger partial charge < -0.3 is 56.3 Å². The zero-order valence-corrected chi connectivity index (χ0v) is 39.4. The van der Waals surface area contributed by atoms with Crippen molar-refractivity contribution < 1.29 is 48.1 Å². The van der Waals surface area contributed by atoms with E-state index in [1.165, 1.54) is 10.9 Å². The molecule has 0 saturated heterocycles. The van der Waals surface area contributed by atoms with Gasteiger partial charge in [-0.1, -0.05) is 49.4 Å². The minimum absolute atomic E-state index is 0.0976. The molecule has 0 aliphatic carbocycles. The number of anilines is 2. The predicted molar refractivity (Wildman–Crippen MR) is 253 cm³/mol. The van der Waals surface area contributed by atoms with Crippen LogP contribution in [0.1, 0.15) is 77.4 Å². The molecule has 5 aromatic rings. The second-order valence-electron chi connectivity index (χ2n) is 17.1. The van der Waals surface area contributed by atoms with Gasteiger partial charge in [0.1, 0.15) is 49.5 Å². The van der Waals surface area contributed by atoms with Crippen molar-refractivity contribution in [1.29, 1.82) is 0 Å². The summed E-state index contributed by atoms with van der Waals surface area (Å²) in [6, 6.07) is 11.0. The molecule has 370 valence electrons. The largest absolute Gasteiger partial charge is 0.444 e. The van der Waals surface area contributed by atoms with Gasteiger partial charge in [0.05, 0.1) is 28.9 Å². The number of urea groups is 1. The first kappa shape index (κ1) is 52.4. The molecule has 23 heteroatoms. The molecule has 0 saturated carbocycles. The number of amides is 7. The lowest BCUT2D eigenvalue weighted by atomic mass is 10.0. The lowest BCUT2D eigenvalue weighted by molar-refractivity contribution is -0.132. The van der Waals surface area contributed by atoms with Gasteiger partial charge >= 0.3 is 12.1 Å². The molecule has 3 heterocycles. The highest BCUT2D eigenvalue weighted by Crippen LogP contribution is 2.32. The second kappa shape index (κ2) is 25.0. The zero-order valence-electron chi connectivity index (χ0n) is 39.4. The molecule has 0 aliphatic heterocycles. The van der Waals surface area contributed by atoms with E-state index in [9.17, 15) is 38.7 Å². The minimum Gasteiger partial charge on any atom is -0.444 e. The number of nitrogens with one attached hydrogen (secondary N) is 6. The van der Waals surface area contributed by atoms with Gasteiger partial charge in [0.2, 0.25) is 23.6 Å². The highest BCUT2D eigenvalue weighted by molar-refractivity contribution is 6.09. The lowest BCUT2D eigenvalue weighted by Crippen LogP contribution is -2.55. The van der Waals surface area contributed by atoms with Crippen molar-refractivity contribution >= 4 is 75.5 Å². The van der Waals surface area contributed by atoms with E-state index in [0.717, 1.165) is 5.39 Å². The second-order valence-corrected chi connectivity index (χ2v) is 17.1. The van der Waals surface area contributed by atoms with Crippen LogP contribution in [0.5, 0.6) is 0 Å². The van der Waals surface area contributed by atoms with E-state index in [2.05, 4.69) is 47.2 Å². The zero-order chi connectivity index (χ0) is 50.1. The fourth-order valence-electron chi connectivity index (χ4n) is 7.11. The fraction of sp³-hybridized carbons (Fsp3) is 0.457. The first-order chi connectivity index (χ1) is 32.9. The molecule has 0 unspecified atom stereocenters. The van der Waals surface area contributed by atoms with Gasteiger partial charge in [-0.2, -0.15) is 0 Å². The molecular weight excluding hydrogens is 895 g/mol. The smallest absolute Gasteiger partial charge is 0.413 e. The molecule has 0 bridgehead atoms. The third-order valence-electron chi connectivity index (χ3n) is 10.4. The van der Waals surface area contributed by atoms with Crippen LogP contribution >= 0.6 is 0 Å². The van der Waals surface area contributed by atoms with Gasteiger partial charge in [-0.3, -0.25) is 24.5 Å². The SMILES string of the molecule is CCOCc1nc2c(NC(=O)OCc3ccc(NC(=O)[C@H](CCCNC(N)=O)NC(=O)[C@@H](NC(=O)Cn4cc(CCC(=O)NCCC=O)nn4)C(C)C)cc3)nc3ccccc3c2n1CC(C)(C)O. The maximum absolute atomic E-state index is 13.7. The van der Waals surface area contributed by atoms with Crippen molar-refractivity contribution in [3.63, 3.8) is 0 Å². The van der Waals surface area contributed by atoms with Gasteiger partial charge in [0, 0.05) is 56.2 Å². The van der Waals surface area contributed by atoms with Gasteiger partial charge in [-0.05, 0) is 63.3 Å². The number of fused-ring (bicyclic) bond motifs is 3. The summed E-state index contributed by atoms with van der Waals surface area (Å²) in [5, 5.41) is 35.5. The van der Waals surface area contributed by atoms with Crippen molar-refractivity contribution in [3.05, 3.63) is 71.8 Å². The number of ether oxygens (including phenoxy) is 2. The molecule has 0 radical (unpaired) electrons. The van der Waals surface area contributed by atoms with Crippen molar-refractivity contribution in [2.24, 2.45) is 11.7 Å². The number of para-hydroxylation sites is 1. The first-order valence-corrected chi connectivity index (χ1v) is 22.6. The van der Waals surface area contributed by atoms with E-state index in [1.54, 1.807) is 52.0 Å². The number of hydrogen-bond donors (Lipinski definition) is 8. The summed E-state index contributed by atoms with van der Waals surface area (Å²) in [6.45, 7) is 9.49. The number of nitrogens with two attached hydrogens (primary N) is 1. The van der Waals surface area contributed by atoms with Crippen LogP contribution in [0.2, 0.25) is 0 Å². The monoisotopic (exact) mass is 955 g/mol. The Bertz CT molecular complexity index is 2590. The summed E-state index contributed by atoms with van der Waals surface area (Å²) in [6.07, 6.45) is 2.38. The highest BCUT2D eigenvalue weighted by Gasteiger charge is 2.30. The van der Waals surface area contributed by atoms with Crippen LogP contribution in [0.15, 0.2) is 54.7 Å². The van der Waals surface area contributed by atoms with Crippen LogP contribution in [0, 0.1) is 5.92 Å². The van der Waals surface area contributed by atoms with Crippen LogP contribution in [0.4, 0.5) is 21.1 Å². The molecule has 3 aromatic heterocycles. The van der Waals surface area contributed by atoms with Crippen LogP contribution in [0.25, 0.3) is 21.9 Å². The summed E-state index contributed by atoms with van der Waals surface area (Å²) >= 11 is 0. The van der Waals surface area contributed by atoms with E-state index in [1.807, 2.05) is 35.8 Å². The van der Waals surface area contributed by atoms with E-state index in [0.29, 0.717) is 52.2 Å². The van der Waals surface area contributed by atoms with E-state index in [-0.39, 0.29) is 83.2 Å². The van der Waals surface area contributed by atoms with Crippen molar-refractivity contribution in [3.8, 4) is 0 Å². The number of aromatic nitrogens is 6. The number of pyridine rings is 1.